The fourth-order valence-electron chi connectivity index (χ4n) is 1.82. The summed E-state index contributed by atoms with van der Waals surface area (Å²) in [5, 5.41) is 11.2. The van der Waals surface area contributed by atoms with E-state index in [1.165, 1.54) is 0 Å². The number of amides is 1. The average Bonchev–Trinajstić information content (AvgIpc) is 2.25. The van der Waals surface area contributed by atoms with E-state index in [-0.39, 0.29) is 18.2 Å². The topological polar surface area (TPSA) is 66.4 Å². The summed E-state index contributed by atoms with van der Waals surface area (Å²) in [6, 6.07) is 0. The highest BCUT2D eigenvalue weighted by atomic mass is 16.4. The van der Waals surface area contributed by atoms with E-state index in [2.05, 4.69) is 19.2 Å². The van der Waals surface area contributed by atoms with Gasteiger partial charge >= 0.3 is 5.97 Å². The third-order valence-electron chi connectivity index (χ3n) is 3.04. The SMILES string of the molecule is CCC(CC)C(C)C(=O)NCCCC(=O)O. The van der Waals surface area contributed by atoms with Gasteiger partial charge in [-0.05, 0) is 12.3 Å². The van der Waals surface area contributed by atoms with Crippen LogP contribution in [-0.2, 0) is 9.59 Å². The Morgan fingerprint density at radius 3 is 2.25 bits per heavy atom. The Kier molecular flexibility index (Phi) is 7.60. The third-order valence-corrected chi connectivity index (χ3v) is 3.04. The van der Waals surface area contributed by atoms with Crippen molar-refractivity contribution in [3.8, 4) is 0 Å². The van der Waals surface area contributed by atoms with Crippen molar-refractivity contribution < 1.29 is 14.7 Å². The largest absolute Gasteiger partial charge is 0.481 e. The summed E-state index contributed by atoms with van der Waals surface area (Å²) >= 11 is 0. The van der Waals surface area contributed by atoms with Crippen molar-refractivity contribution in [3.05, 3.63) is 0 Å². The van der Waals surface area contributed by atoms with Crippen molar-refractivity contribution in [2.45, 2.75) is 46.5 Å². The van der Waals surface area contributed by atoms with Gasteiger partial charge in [0.05, 0.1) is 0 Å². The highest BCUT2D eigenvalue weighted by molar-refractivity contribution is 5.78. The molecule has 0 saturated heterocycles. The monoisotopic (exact) mass is 229 g/mol. The molecule has 0 rings (SSSR count). The molecule has 1 unspecified atom stereocenters. The highest BCUT2D eigenvalue weighted by Gasteiger charge is 2.20. The minimum atomic E-state index is -0.817. The van der Waals surface area contributed by atoms with Crippen LogP contribution < -0.4 is 5.32 Å². The average molecular weight is 229 g/mol. The minimum Gasteiger partial charge on any atom is -0.481 e. The van der Waals surface area contributed by atoms with Gasteiger partial charge in [0.25, 0.3) is 0 Å². The summed E-state index contributed by atoms with van der Waals surface area (Å²) in [6.07, 6.45) is 2.61. The van der Waals surface area contributed by atoms with Gasteiger partial charge in [0.1, 0.15) is 0 Å². The third kappa shape index (κ3) is 5.73. The van der Waals surface area contributed by atoms with Gasteiger partial charge in [-0.1, -0.05) is 33.6 Å². The van der Waals surface area contributed by atoms with E-state index in [0.717, 1.165) is 12.8 Å². The van der Waals surface area contributed by atoms with Crippen molar-refractivity contribution in [1.82, 2.24) is 5.32 Å². The molecule has 1 atom stereocenters. The van der Waals surface area contributed by atoms with Gasteiger partial charge in [-0.15, -0.1) is 0 Å². The van der Waals surface area contributed by atoms with E-state index >= 15 is 0 Å². The van der Waals surface area contributed by atoms with E-state index in [9.17, 15) is 9.59 Å². The predicted octanol–water partition coefficient (Wildman–Crippen LogP) is 2.04. The van der Waals surface area contributed by atoms with Crippen LogP contribution in [0.25, 0.3) is 0 Å². The van der Waals surface area contributed by atoms with Crippen LogP contribution in [0, 0.1) is 11.8 Å². The molecule has 0 saturated carbocycles. The summed E-state index contributed by atoms with van der Waals surface area (Å²) in [7, 11) is 0. The highest BCUT2D eigenvalue weighted by Crippen LogP contribution is 2.18. The van der Waals surface area contributed by atoms with Gasteiger partial charge in [-0.25, -0.2) is 0 Å². The number of nitrogens with one attached hydrogen (secondary N) is 1. The van der Waals surface area contributed by atoms with Crippen LogP contribution in [0.3, 0.4) is 0 Å². The fraction of sp³-hybridized carbons (Fsp3) is 0.833. The first kappa shape index (κ1) is 14.9. The Morgan fingerprint density at radius 1 is 1.25 bits per heavy atom. The Bertz CT molecular complexity index is 224. The molecule has 0 fully saturated rings. The second kappa shape index (κ2) is 8.13. The van der Waals surface area contributed by atoms with Gasteiger partial charge in [-0.2, -0.15) is 0 Å². The molecule has 0 bridgehead atoms. The second-order valence-corrected chi connectivity index (χ2v) is 4.15. The molecule has 0 aliphatic carbocycles. The first-order chi connectivity index (χ1) is 7.52. The molecule has 4 heteroatoms. The van der Waals surface area contributed by atoms with Crippen LogP contribution in [0.1, 0.15) is 46.5 Å². The lowest BCUT2D eigenvalue weighted by atomic mass is 9.89. The number of rotatable bonds is 8. The number of aliphatic carboxylic acids is 1. The number of hydrogen-bond donors (Lipinski definition) is 2. The van der Waals surface area contributed by atoms with E-state index in [0.29, 0.717) is 18.9 Å². The van der Waals surface area contributed by atoms with Crippen molar-refractivity contribution >= 4 is 11.9 Å². The molecule has 94 valence electrons. The van der Waals surface area contributed by atoms with Gasteiger partial charge in [0.15, 0.2) is 0 Å². The van der Waals surface area contributed by atoms with E-state index < -0.39 is 5.97 Å². The molecule has 0 aromatic rings. The first-order valence-electron chi connectivity index (χ1n) is 6.02. The lowest BCUT2D eigenvalue weighted by Crippen LogP contribution is -2.33. The minimum absolute atomic E-state index is 0.0137. The van der Waals surface area contributed by atoms with Crippen molar-refractivity contribution in [3.63, 3.8) is 0 Å². The van der Waals surface area contributed by atoms with E-state index in [1.807, 2.05) is 6.92 Å². The van der Waals surface area contributed by atoms with Gasteiger partial charge in [0.2, 0.25) is 5.91 Å². The predicted molar refractivity (Wildman–Crippen MR) is 63.1 cm³/mol. The van der Waals surface area contributed by atoms with Crippen LogP contribution in [-0.4, -0.2) is 23.5 Å². The summed E-state index contributed by atoms with van der Waals surface area (Å²) in [5.41, 5.74) is 0. The number of carboxylic acid groups (broad SMARTS) is 1. The van der Waals surface area contributed by atoms with Gasteiger partial charge in [0, 0.05) is 18.9 Å². The maximum atomic E-state index is 11.7. The van der Waals surface area contributed by atoms with Crippen LogP contribution in [0.2, 0.25) is 0 Å². The summed E-state index contributed by atoms with van der Waals surface area (Å²) in [5.74, 6) is -0.347. The molecule has 2 N–H and O–H groups in total. The smallest absolute Gasteiger partial charge is 0.303 e. The molecular formula is C12H23NO3. The Hall–Kier alpha value is -1.06. The molecule has 0 radical (unpaired) electrons. The van der Waals surface area contributed by atoms with E-state index in [4.69, 9.17) is 5.11 Å². The molecule has 0 heterocycles. The molecule has 1 amide bonds. The Balaban J connectivity index is 3.83. The Labute approximate surface area is 97.4 Å². The standard InChI is InChI=1S/C12H23NO3/c1-4-10(5-2)9(3)12(16)13-8-6-7-11(14)15/h9-10H,4-8H2,1-3H3,(H,13,16)(H,14,15). The molecule has 0 spiro atoms. The zero-order chi connectivity index (χ0) is 12.6. The van der Waals surface area contributed by atoms with Crippen molar-refractivity contribution in [1.29, 1.82) is 0 Å². The molecule has 0 aromatic carbocycles. The van der Waals surface area contributed by atoms with Gasteiger partial charge < -0.3 is 10.4 Å². The maximum absolute atomic E-state index is 11.7. The molecule has 4 nitrogen and oxygen atoms in total. The van der Waals surface area contributed by atoms with Crippen LogP contribution in [0.5, 0.6) is 0 Å². The lowest BCUT2D eigenvalue weighted by molar-refractivity contribution is -0.137. The zero-order valence-corrected chi connectivity index (χ0v) is 10.5. The second-order valence-electron chi connectivity index (χ2n) is 4.15. The summed E-state index contributed by atoms with van der Waals surface area (Å²) in [4.78, 5) is 22.0. The van der Waals surface area contributed by atoms with Crippen molar-refractivity contribution in [2.24, 2.45) is 11.8 Å². The maximum Gasteiger partial charge on any atom is 0.303 e. The van der Waals surface area contributed by atoms with E-state index in [1.54, 1.807) is 0 Å². The Morgan fingerprint density at radius 2 is 1.81 bits per heavy atom. The number of carbonyl (C=O) groups is 2. The molecule has 0 aliphatic heterocycles. The van der Waals surface area contributed by atoms with Gasteiger partial charge in [-0.3, -0.25) is 9.59 Å². The first-order valence-corrected chi connectivity index (χ1v) is 6.02. The summed E-state index contributed by atoms with van der Waals surface area (Å²) in [6.45, 7) is 6.56. The van der Waals surface area contributed by atoms with Crippen LogP contribution in [0.15, 0.2) is 0 Å². The zero-order valence-electron chi connectivity index (χ0n) is 10.5. The molecule has 16 heavy (non-hydrogen) atoms. The quantitative estimate of drug-likeness (QED) is 0.626. The van der Waals surface area contributed by atoms with Crippen LogP contribution in [0.4, 0.5) is 0 Å². The number of carbonyl (C=O) groups excluding carboxylic acids is 1. The van der Waals surface area contributed by atoms with Crippen molar-refractivity contribution in [2.75, 3.05) is 6.54 Å². The summed E-state index contributed by atoms with van der Waals surface area (Å²) < 4.78 is 0. The number of carboxylic acids is 1. The fourth-order valence-corrected chi connectivity index (χ4v) is 1.82. The molecule has 0 aliphatic rings. The molecular weight excluding hydrogens is 206 g/mol. The number of hydrogen-bond acceptors (Lipinski definition) is 2. The van der Waals surface area contributed by atoms with Crippen LogP contribution >= 0.6 is 0 Å². The normalized spacial score (nSPS) is 12.5. The lowest BCUT2D eigenvalue weighted by Gasteiger charge is -2.20. The molecule has 0 aromatic heterocycles.